The molecule has 0 spiro atoms. The van der Waals surface area contributed by atoms with E-state index in [0.717, 1.165) is 24.3 Å². The van der Waals surface area contributed by atoms with Gasteiger partial charge in [-0.15, -0.1) is 0 Å². The number of nitrogens with zero attached hydrogens (tertiary/aromatic N) is 2. The third kappa shape index (κ3) is 6.95. The van der Waals surface area contributed by atoms with Crippen LogP contribution in [0.5, 0.6) is 5.75 Å². The van der Waals surface area contributed by atoms with Crippen molar-refractivity contribution >= 4 is 33.0 Å². The van der Waals surface area contributed by atoms with Gasteiger partial charge in [0.05, 0.1) is 0 Å². The molecule has 3 aromatic rings. The van der Waals surface area contributed by atoms with Gasteiger partial charge in [-0.3, -0.25) is 14.5 Å². The normalized spacial score (nSPS) is 13.8. The fourth-order valence-electron chi connectivity index (χ4n) is 3.79. The number of sulfonamides is 1. The van der Waals surface area contributed by atoms with Gasteiger partial charge in [0.1, 0.15) is 18.1 Å². The maximum absolute atomic E-state index is 12.5. The summed E-state index contributed by atoms with van der Waals surface area (Å²) in [7, 11) is -3.86. The van der Waals surface area contributed by atoms with Gasteiger partial charge in [-0.25, -0.2) is 8.42 Å². The van der Waals surface area contributed by atoms with Crippen LogP contribution >= 0.6 is 0 Å². The van der Waals surface area contributed by atoms with Gasteiger partial charge < -0.3 is 15.0 Å². The number of nitrogens with one attached hydrogen (secondary N) is 2. The molecule has 0 atom stereocenters. The summed E-state index contributed by atoms with van der Waals surface area (Å²) in [6.07, 6.45) is 6.99. The summed E-state index contributed by atoms with van der Waals surface area (Å²) in [6, 6.07) is 17.8. The molecule has 8 nitrogen and oxygen atoms in total. The van der Waals surface area contributed by atoms with Gasteiger partial charge in [0.25, 0.3) is 0 Å². The Morgan fingerprint density at radius 1 is 0.971 bits per heavy atom. The Hall–Kier alpha value is -3.59. The Bertz CT molecular complexity index is 1200. The third-order valence-corrected chi connectivity index (χ3v) is 6.62. The summed E-state index contributed by atoms with van der Waals surface area (Å²) in [4.78, 5) is 18.7. The number of ether oxygens (including phenoxy) is 1. The van der Waals surface area contributed by atoms with Gasteiger partial charge in [0.2, 0.25) is 15.9 Å². The van der Waals surface area contributed by atoms with E-state index in [1.54, 1.807) is 48.8 Å². The molecule has 2 N–H and O–H groups in total. The lowest BCUT2D eigenvalue weighted by molar-refractivity contribution is -0.113. The van der Waals surface area contributed by atoms with Crippen molar-refractivity contribution in [2.45, 2.75) is 25.9 Å². The topological polar surface area (TPSA) is 101 Å². The Kier molecular flexibility index (Phi) is 7.64. The van der Waals surface area contributed by atoms with Crippen molar-refractivity contribution in [3.63, 3.8) is 0 Å². The van der Waals surface area contributed by atoms with Crippen LogP contribution in [0.4, 0.5) is 17.1 Å². The first-order valence-electron chi connectivity index (χ1n) is 11.2. The van der Waals surface area contributed by atoms with Gasteiger partial charge in [-0.1, -0.05) is 12.1 Å². The van der Waals surface area contributed by atoms with Gasteiger partial charge in [0.15, 0.2) is 0 Å². The van der Waals surface area contributed by atoms with Crippen LogP contribution in [0.25, 0.3) is 0 Å². The monoisotopic (exact) mass is 480 g/mol. The third-order valence-electron chi connectivity index (χ3n) is 5.43. The molecule has 0 bridgehead atoms. The van der Waals surface area contributed by atoms with Crippen molar-refractivity contribution in [1.82, 2.24) is 4.98 Å². The van der Waals surface area contributed by atoms with Crippen LogP contribution < -0.4 is 19.7 Å². The van der Waals surface area contributed by atoms with Crippen molar-refractivity contribution < 1.29 is 17.9 Å². The van der Waals surface area contributed by atoms with Crippen LogP contribution in [0, 0.1) is 0 Å². The lowest BCUT2D eigenvalue weighted by Crippen LogP contribution is -2.29. The van der Waals surface area contributed by atoms with Crippen LogP contribution in [0.15, 0.2) is 73.1 Å². The van der Waals surface area contributed by atoms with Crippen LogP contribution in [0.3, 0.4) is 0 Å². The Morgan fingerprint density at radius 2 is 1.76 bits per heavy atom. The molecule has 0 unspecified atom stereocenters. The highest BCUT2D eigenvalue weighted by molar-refractivity contribution is 7.93. The van der Waals surface area contributed by atoms with Crippen molar-refractivity contribution in [1.29, 1.82) is 0 Å². The molecule has 1 aliphatic heterocycles. The maximum Gasteiger partial charge on any atom is 0.241 e. The molecule has 4 rings (SSSR count). The first-order chi connectivity index (χ1) is 16.5. The minimum absolute atomic E-state index is 0.333. The van der Waals surface area contributed by atoms with Crippen LogP contribution in [-0.2, 0) is 21.4 Å². The Labute approximate surface area is 200 Å². The highest BCUT2D eigenvalue weighted by Gasteiger charge is 2.18. The molecule has 1 fully saturated rings. The summed E-state index contributed by atoms with van der Waals surface area (Å²) >= 11 is 0. The number of carbonyl (C=O) groups is 1. The van der Waals surface area contributed by atoms with Crippen LogP contribution in [0.2, 0.25) is 0 Å². The second kappa shape index (κ2) is 11.0. The number of piperidine rings is 1. The number of rotatable bonds is 9. The van der Waals surface area contributed by atoms with E-state index in [4.69, 9.17) is 4.74 Å². The quantitative estimate of drug-likeness (QED) is 0.480. The SMILES string of the molecule is O=C(CS(=O)(=O)Nc1ccc(N2CCCCC2)cc1)Nc1cccc(OCc2cccnc2)c1. The van der Waals surface area contributed by atoms with E-state index in [9.17, 15) is 13.2 Å². The van der Waals surface area contributed by atoms with Gasteiger partial charge in [0, 0.05) is 54.2 Å². The number of benzene rings is 2. The smallest absolute Gasteiger partial charge is 0.241 e. The van der Waals surface area contributed by atoms with E-state index in [-0.39, 0.29) is 0 Å². The van der Waals surface area contributed by atoms with Crippen LogP contribution in [-0.4, -0.2) is 38.2 Å². The molecule has 2 heterocycles. The predicted molar refractivity (Wildman–Crippen MR) is 134 cm³/mol. The molecular weight excluding hydrogens is 452 g/mol. The number of pyridine rings is 1. The molecule has 0 saturated carbocycles. The molecule has 178 valence electrons. The standard InChI is InChI=1S/C25H28N4O4S/c30-25(27-22-7-4-8-24(16-22)33-18-20-6-5-13-26-17-20)19-34(31,32)28-21-9-11-23(12-10-21)29-14-2-1-3-15-29/h4-13,16-17,28H,1-3,14-15,18-19H2,(H,27,30). The molecule has 2 aromatic carbocycles. The second-order valence-electron chi connectivity index (χ2n) is 8.18. The largest absolute Gasteiger partial charge is 0.489 e. The van der Waals surface area contributed by atoms with E-state index in [1.807, 2.05) is 24.3 Å². The summed E-state index contributed by atoms with van der Waals surface area (Å²) in [5.41, 5.74) is 2.87. The zero-order valence-electron chi connectivity index (χ0n) is 18.8. The molecule has 0 aliphatic carbocycles. The fourth-order valence-corrected chi connectivity index (χ4v) is 4.78. The van der Waals surface area contributed by atoms with Gasteiger partial charge in [-0.2, -0.15) is 0 Å². The van der Waals surface area contributed by atoms with Crippen LogP contribution in [0.1, 0.15) is 24.8 Å². The van der Waals surface area contributed by atoms with E-state index in [1.165, 1.54) is 19.3 Å². The molecular formula is C25H28N4O4S. The van der Waals surface area contributed by atoms with Crippen molar-refractivity contribution in [3.05, 3.63) is 78.6 Å². The average molecular weight is 481 g/mol. The Balaban J connectivity index is 1.29. The number of hydrogen-bond acceptors (Lipinski definition) is 6. The number of aromatic nitrogens is 1. The van der Waals surface area contributed by atoms with Crippen molar-refractivity contribution in [3.8, 4) is 5.75 Å². The number of carbonyl (C=O) groups excluding carboxylic acids is 1. The van der Waals surface area contributed by atoms with Crippen molar-refractivity contribution in [2.24, 2.45) is 0 Å². The van der Waals surface area contributed by atoms with E-state index in [0.29, 0.717) is 23.7 Å². The molecule has 1 aromatic heterocycles. The minimum Gasteiger partial charge on any atom is -0.489 e. The van der Waals surface area contributed by atoms with Crippen molar-refractivity contribution in [2.75, 3.05) is 33.8 Å². The first kappa shape index (κ1) is 23.6. The zero-order chi connectivity index (χ0) is 23.8. The first-order valence-corrected chi connectivity index (χ1v) is 12.9. The molecule has 1 saturated heterocycles. The molecule has 9 heteroatoms. The summed E-state index contributed by atoms with van der Waals surface area (Å²) in [5, 5.41) is 2.62. The predicted octanol–water partition coefficient (Wildman–Crippen LogP) is 4.03. The number of hydrogen-bond donors (Lipinski definition) is 2. The molecule has 1 aliphatic rings. The summed E-state index contributed by atoms with van der Waals surface area (Å²) in [6.45, 7) is 2.36. The highest BCUT2D eigenvalue weighted by Crippen LogP contribution is 2.22. The van der Waals surface area contributed by atoms with E-state index in [2.05, 4.69) is 19.9 Å². The highest BCUT2D eigenvalue weighted by atomic mass is 32.2. The van der Waals surface area contributed by atoms with E-state index >= 15 is 0 Å². The average Bonchev–Trinajstić information content (AvgIpc) is 2.84. The lowest BCUT2D eigenvalue weighted by atomic mass is 10.1. The van der Waals surface area contributed by atoms with Gasteiger partial charge >= 0.3 is 0 Å². The number of amides is 1. The summed E-state index contributed by atoms with van der Waals surface area (Å²) in [5.74, 6) is -0.778. The zero-order valence-corrected chi connectivity index (χ0v) is 19.6. The lowest BCUT2D eigenvalue weighted by Gasteiger charge is -2.28. The molecule has 34 heavy (non-hydrogen) atoms. The second-order valence-corrected chi connectivity index (χ2v) is 9.90. The maximum atomic E-state index is 12.5. The van der Waals surface area contributed by atoms with E-state index < -0.39 is 21.7 Å². The minimum atomic E-state index is -3.86. The molecule has 1 amide bonds. The molecule has 0 radical (unpaired) electrons. The summed E-state index contributed by atoms with van der Waals surface area (Å²) < 4.78 is 33.2. The number of anilines is 3. The van der Waals surface area contributed by atoms with Gasteiger partial charge in [-0.05, 0) is 61.7 Å². The Morgan fingerprint density at radius 3 is 2.50 bits per heavy atom. The fraction of sp³-hybridized carbons (Fsp3) is 0.280.